The molecule has 1 aliphatic rings. The second kappa shape index (κ2) is 6.97. The number of carbonyl (C=O) groups is 1. The summed E-state index contributed by atoms with van der Waals surface area (Å²) in [6.45, 7) is 0.358. The summed E-state index contributed by atoms with van der Waals surface area (Å²) in [5.74, 6) is -0.776. The largest absolute Gasteiger partial charge is 0.469 e. The molecule has 134 valence electrons. The Balaban J connectivity index is 2.30. The fourth-order valence-corrected chi connectivity index (χ4v) is 2.54. The summed E-state index contributed by atoms with van der Waals surface area (Å²) in [5, 5.41) is 10.1. The zero-order valence-electron chi connectivity index (χ0n) is 12.3. The first kappa shape index (κ1) is 18.5. The highest BCUT2D eigenvalue weighted by Gasteiger charge is 2.48. The van der Waals surface area contributed by atoms with Crippen LogP contribution in [0.15, 0.2) is 21.9 Å². The Morgan fingerprint density at radius 1 is 1.46 bits per heavy atom. The third kappa shape index (κ3) is 4.38. The molecular weight excluding hydrogens is 351 g/mol. The van der Waals surface area contributed by atoms with Crippen LogP contribution in [0.4, 0.5) is 0 Å². The van der Waals surface area contributed by atoms with Gasteiger partial charge in [-0.05, 0) is 0 Å². The van der Waals surface area contributed by atoms with E-state index >= 15 is 0 Å². The van der Waals surface area contributed by atoms with Gasteiger partial charge in [-0.15, -0.1) is 0 Å². The number of nitrogens with zero attached hydrogens (tertiary/aromatic N) is 1. The smallest absolute Gasteiger partial charge is 0.455 e. The van der Waals surface area contributed by atoms with Crippen LogP contribution in [0.1, 0.15) is 13.2 Å². The number of aliphatic hydroxyl groups is 1. The maximum absolute atomic E-state index is 11.8. The van der Waals surface area contributed by atoms with Gasteiger partial charge in [0.05, 0.1) is 6.61 Å². The minimum absolute atomic E-state index is 0.666. The summed E-state index contributed by atoms with van der Waals surface area (Å²) in [7, 11) is -4.81. The van der Waals surface area contributed by atoms with E-state index in [9.17, 15) is 24.1 Å². The lowest BCUT2D eigenvalue weighted by Crippen LogP contribution is -2.40. The van der Waals surface area contributed by atoms with Crippen LogP contribution in [-0.2, 0) is 23.4 Å². The highest BCUT2D eigenvalue weighted by molar-refractivity contribution is 7.46. The summed E-state index contributed by atoms with van der Waals surface area (Å²) in [4.78, 5) is 53.5. The van der Waals surface area contributed by atoms with Crippen molar-refractivity contribution in [1.29, 1.82) is 0 Å². The number of aromatic nitrogens is 2. The molecule has 0 aromatic carbocycles. The van der Waals surface area contributed by atoms with Crippen molar-refractivity contribution in [3.63, 3.8) is 0 Å². The predicted molar refractivity (Wildman–Crippen MR) is 74.8 cm³/mol. The fourth-order valence-electron chi connectivity index (χ4n) is 2.20. The summed E-state index contributed by atoms with van der Waals surface area (Å²) in [5.41, 5.74) is -1.55. The summed E-state index contributed by atoms with van der Waals surface area (Å²) in [6, 6.07) is 1.02. The maximum atomic E-state index is 11.8. The molecule has 2 heterocycles. The number of ether oxygens (including phenoxy) is 2. The van der Waals surface area contributed by atoms with Crippen molar-refractivity contribution in [1.82, 2.24) is 9.55 Å². The highest BCUT2D eigenvalue weighted by atomic mass is 31.2. The molecule has 4 N–H and O–H groups in total. The molecule has 1 saturated heterocycles. The van der Waals surface area contributed by atoms with Crippen molar-refractivity contribution in [3.05, 3.63) is 33.1 Å². The van der Waals surface area contributed by atoms with Crippen LogP contribution in [0.25, 0.3) is 0 Å². The number of nitrogens with one attached hydrogen (secondary N) is 1. The van der Waals surface area contributed by atoms with Crippen molar-refractivity contribution in [2.45, 2.75) is 31.5 Å². The van der Waals surface area contributed by atoms with Crippen LogP contribution in [0.3, 0.4) is 0 Å². The number of carbonyl (C=O) groups excluding carboxylic acids is 1. The van der Waals surface area contributed by atoms with Gasteiger partial charge in [0.15, 0.2) is 12.3 Å². The van der Waals surface area contributed by atoms with Gasteiger partial charge < -0.3 is 24.4 Å². The van der Waals surface area contributed by atoms with Gasteiger partial charge in [-0.1, -0.05) is 0 Å². The first-order chi connectivity index (χ1) is 11.1. The van der Waals surface area contributed by atoms with Crippen LogP contribution in [0.2, 0.25) is 0 Å². The van der Waals surface area contributed by atoms with Gasteiger partial charge in [-0.25, -0.2) is 9.36 Å². The van der Waals surface area contributed by atoms with Gasteiger partial charge in [0.1, 0.15) is 12.2 Å². The summed E-state index contributed by atoms with van der Waals surface area (Å²) in [6.07, 6.45) is -4.41. The number of hydrogen-bond donors (Lipinski definition) is 4. The number of esters is 1. The molecule has 0 amide bonds. The SMILES string of the molecule is CC(=O)O[C@@H]1[C@H](O)[C@@H](COP(=O)(O)O)O[C@H]1n1ccc(=O)[nH]c1=O. The number of aliphatic hydroxyl groups excluding tert-OH is 1. The van der Waals surface area contributed by atoms with E-state index in [-0.39, 0.29) is 0 Å². The number of H-pyrrole nitrogens is 1. The lowest BCUT2D eigenvalue weighted by molar-refractivity contribution is -0.156. The summed E-state index contributed by atoms with van der Waals surface area (Å²) < 4.78 is 26.1. The van der Waals surface area contributed by atoms with Gasteiger partial charge in [-0.3, -0.25) is 23.7 Å². The van der Waals surface area contributed by atoms with Gasteiger partial charge in [0.25, 0.3) is 5.56 Å². The van der Waals surface area contributed by atoms with E-state index in [1.807, 2.05) is 4.98 Å². The number of rotatable bonds is 5. The van der Waals surface area contributed by atoms with Gasteiger partial charge in [0, 0.05) is 19.2 Å². The molecule has 0 spiro atoms. The molecule has 2 rings (SSSR count). The van der Waals surface area contributed by atoms with E-state index in [0.717, 1.165) is 23.8 Å². The first-order valence-electron chi connectivity index (χ1n) is 6.61. The number of aromatic amines is 1. The molecule has 0 radical (unpaired) electrons. The monoisotopic (exact) mass is 366 g/mol. The maximum Gasteiger partial charge on any atom is 0.469 e. The molecule has 0 unspecified atom stereocenters. The van der Waals surface area contributed by atoms with Crippen molar-refractivity contribution >= 4 is 13.8 Å². The van der Waals surface area contributed by atoms with E-state index in [0.29, 0.717) is 0 Å². The molecular formula is C11H15N2O10P. The Labute approximate surface area is 133 Å². The fraction of sp³-hybridized carbons (Fsp3) is 0.545. The van der Waals surface area contributed by atoms with Crippen LogP contribution >= 0.6 is 7.82 Å². The molecule has 12 nitrogen and oxygen atoms in total. The average molecular weight is 366 g/mol. The van der Waals surface area contributed by atoms with Gasteiger partial charge in [0.2, 0.25) is 0 Å². The second-order valence-corrected chi connectivity index (χ2v) is 6.17. The van der Waals surface area contributed by atoms with Crippen molar-refractivity contribution in [3.8, 4) is 0 Å². The first-order valence-corrected chi connectivity index (χ1v) is 8.14. The highest BCUT2D eigenvalue weighted by Crippen LogP contribution is 2.38. The van der Waals surface area contributed by atoms with Crippen LogP contribution in [0, 0.1) is 0 Å². The number of hydrogen-bond acceptors (Lipinski definition) is 8. The van der Waals surface area contributed by atoms with Crippen molar-refractivity contribution < 1.29 is 38.3 Å². The molecule has 0 aliphatic carbocycles. The van der Waals surface area contributed by atoms with Crippen LogP contribution < -0.4 is 11.2 Å². The normalized spacial score (nSPS) is 27.2. The lowest BCUT2D eigenvalue weighted by Gasteiger charge is -2.21. The van der Waals surface area contributed by atoms with Crippen LogP contribution in [0.5, 0.6) is 0 Å². The molecule has 13 heteroatoms. The van der Waals surface area contributed by atoms with E-state index in [2.05, 4.69) is 4.52 Å². The number of phosphoric acid groups is 1. The predicted octanol–water partition coefficient (Wildman–Crippen LogP) is -2.16. The minimum atomic E-state index is -4.81. The third-order valence-corrected chi connectivity index (χ3v) is 3.63. The number of phosphoric ester groups is 1. The zero-order valence-corrected chi connectivity index (χ0v) is 13.2. The topological polar surface area (TPSA) is 177 Å². The summed E-state index contributed by atoms with van der Waals surface area (Å²) >= 11 is 0. The lowest BCUT2D eigenvalue weighted by atomic mass is 10.1. The van der Waals surface area contributed by atoms with Crippen molar-refractivity contribution in [2.75, 3.05) is 6.61 Å². The molecule has 0 saturated carbocycles. The zero-order chi connectivity index (χ0) is 18.1. The Bertz CT molecular complexity index is 767. The van der Waals surface area contributed by atoms with E-state index < -0.39 is 56.2 Å². The molecule has 0 bridgehead atoms. The van der Waals surface area contributed by atoms with Crippen LogP contribution in [-0.4, -0.2) is 55.3 Å². The molecule has 4 atom stereocenters. The second-order valence-electron chi connectivity index (χ2n) is 4.93. The van der Waals surface area contributed by atoms with Gasteiger partial charge in [-0.2, -0.15) is 0 Å². The van der Waals surface area contributed by atoms with E-state index in [4.69, 9.17) is 19.3 Å². The third-order valence-electron chi connectivity index (χ3n) is 3.15. The van der Waals surface area contributed by atoms with Gasteiger partial charge >= 0.3 is 19.5 Å². The molecule has 1 aliphatic heterocycles. The van der Waals surface area contributed by atoms with E-state index in [1.54, 1.807) is 0 Å². The van der Waals surface area contributed by atoms with Crippen molar-refractivity contribution in [2.24, 2.45) is 0 Å². The van der Waals surface area contributed by atoms with E-state index in [1.165, 1.54) is 0 Å². The Morgan fingerprint density at radius 3 is 2.67 bits per heavy atom. The Hall–Kier alpha value is -1.82. The molecule has 1 aromatic heterocycles. The quantitative estimate of drug-likeness (QED) is 0.331. The standard InChI is InChI=1S/C11H15N2O10P/c1-5(14)22-9-8(16)6(4-21-24(18,19)20)23-10(9)13-3-2-7(15)12-11(13)17/h2-3,6,8-10,16H,4H2,1H3,(H,12,15,17)(H2,18,19,20)/t6-,8-,9-,10-/m1/s1. The molecule has 24 heavy (non-hydrogen) atoms. The molecule has 1 aromatic rings. The molecule has 1 fully saturated rings. The Morgan fingerprint density at radius 2 is 2.12 bits per heavy atom. The minimum Gasteiger partial charge on any atom is -0.455 e. The average Bonchev–Trinajstić information content (AvgIpc) is 2.73. The Kier molecular flexibility index (Phi) is 5.38.